The van der Waals surface area contributed by atoms with E-state index in [4.69, 9.17) is 10.9 Å². The maximum Gasteiger partial charge on any atom is 0.260 e. The molecule has 0 saturated carbocycles. The molecule has 20 heavy (non-hydrogen) atoms. The van der Waals surface area contributed by atoms with Crippen molar-refractivity contribution in [2.24, 2.45) is 10.9 Å². The quantitative estimate of drug-likeness (QED) is 0.291. The van der Waals surface area contributed by atoms with Gasteiger partial charge in [-0.3, -0.25) is 0 Å². The van der Waals surface area contributed by atoms with Crippen LogP contribution >= 0.6 is 0 Å². The zero-order valence-corrected chi connectivity index (χ0v) is 12.7. The second-order valence-electron chi connectivity index (χ2n) is 4.40. The minimum absolute atomic E-state index is 0.0660. The van der Waals surface area contributed by atoms with Crippen molar-refractivity contribution in [3.63, 3.8) is 0 Å². The van der Waals surface area contributed by atoms with E-state index in [1.807, 2.05) is 13.8 Å². The molecule has 1 aromatic rings. The Morgan fingerprint density at radius 1 is 1.60 bits per heavy atom. The summed E-state index contributed by atoms with van der Waals surface area (Å²) in [6.07, 6.45) is 2.58. The monoisotopic (exact) mass is 303 g/mol. The van der Waals surface area contributed by atoms with Gasteiger partial charge in [0.2, 0.25) is 0 Å². The van der Waals surface area contributed by atoms with Gasteiger partial charge in [0.15, 0.2) is 10.9 Å². The van der Waals surface area contributed by atoms with Gasteiger partial charge >= 0.3 is 0 Å². The number of rotatable bonds is 7. The number of aromatic nitrogens is 2. The second kappa shape index (κ2) is 6.71. The summed E-state index contributed by atoms with van der Waals surface area (Å²) < 4.78 is 28.6. The molecule has 0 spiro atoms. The fourth-order valence-electron chi connectivity index (χ4n) is 1.80. The fourth-order valence-corrected chi connectivity index (χ4v) is 3.05. The van der Waals surface area contributed by atoms with Gasteiger partial charge in [-0.25, -0.2) is 13.4 Å². The van der Waals surface area contributed by atoms with E-state index < -0.39 is 16.1 Å². The van der Waals surface area contributed by atoms with Crippen LogP contribution in [0.2, 0.25) is 0 Å². The summed E-state index contributed by atoms with van der Waals surface area (Å²) >= 11 is 0. The molecule has 0 fully saturated rings. The van der Waals surface area contributed by atoms with E-state index in [1.165, 1.54) is 6.20 Å². The number of oxime groups is 1. The van der Waals surface area contributed by atoms with Crippen LogP contribution in [0.1, 0.15) is 32.5 Å². The molecule has 8 nitrogen and oxygen atoms in total. The minimum Gasteiger partial charge on any atom is -0.409 e. The zero-order chi connectivity index (χ0) is 15.3. The molecule has 0 aromatic carbocycles. The van der Waals surface area contributed by atoms with E-state index >= 15 is 0 Å². The van der Waals surface area contributed by atoms with E-state index in [0.717, 1.165) is 0 Å². The zero-order valence-electron chi connectivity index (χ0n) is 11.9. The molecule has 0 aliphatic rings. The Balaban J connectivity index is 3.03. The second-order valence-corrected chi connectivity index (χ2v) is 6.06. The van der Waals surface area contributed by atoms with Crippen LogP contribution in [0.15, 0.2) is 16.4 Å². The maximum absolute atomic E-state index is 12.2. The number of aryl methyl sites for hydroxylation is 2. The smallest absolute Gasteiger partial charge is 0.260 e. The highest BCUT2D eigenvalue weighted by molar-refractivity contribution is 7.89. The lowest BCUT2D eigenvalue weighted by molar-refractivity contribution is 0.315. The SMILES string of the molecule is CCCC(NS(=O)(=O)c1cn(CC)c(C)n1)C(N)=NO. The fraction of sp³-hybridized carbons (Fsp3) is 0.636. The molecule has 0 aliphatic heterocycles. The third-order valence-corrected chi connectivity index (χ3v) is 4.26. The van der Waals surface area contributed by atoms with Gasteiger partial charge < -0.3 is 15.5 Å². The molecular weight excluding hydrogens is 282 g/mol. The summed E-state index contributed by atoms with van der Waals surface area (Å²) in [6.45, 7) is 6.14. The summed E-state index contributed by atoms with van der Waals surface area (Å²) in [6, 6.07) is -0.748. The first kappa shape index (κ1) is 16.4. The Bertz CT molecular complexity index is 579. The van der Waals surface area contributed by atoms with Crippen LogP contribution in [0.4, 0.5) is 0 Å². The molecule has 1 heterocycles. The average Bonchev–Trinajstić information content (AvgIpc) is 2.79. The number of imidazole rings is 1. The summed E-state index contributed by atoms with van der Waals surface area (Å²) in [5, 5.41) is 11.5. The van der Waals surface area contributed by atoms with Gasteiger partial charge in [0.05, 0.1) is 6.04 Å². The number of hydrogen-bond acceptors (Lipinski definition) is 5. The Morgan fingerprint density at radius 2 is 2.25 bits per heavy atom. The highest BCUT2D eigenvalue weighted by atomic mass is 32.2. The number of nitrogens with zero attached hydrogens (tertiary/aromatic N) is 3. The lowest BCUT2D eigenvalue weighted by Crippen LogP contribution is -2.44. The molecule has 1 aromatic heterocycles. The Kier molecular flexibility index (Phi) is 5.52. The highest BCUT2D eigenvalue weighted by Crippen LogP contribution is 2.11. The summed E-state index contributed by atoms with van der Waals surface area (Å²) in [5.74, 6) is 0.450. The van der Waals surface area contributed by atoms with Crippen molar-refractivity contribution in [1.29, 1.82) is 0 Å². The van der Waals surface area contributed by atoms with Crippen molar-refractivity contribution in [3.8, 4) is 0 Å². The molecule has 114 valence electrons. The highest BCUT2D eigenvalue weighted by Gasteiger charge is 2.25. The van der Waals surface area contributed by atoms with Crippen LogP contribution < -0.4 is 10.5 Å². The molecule has 0 aliphatic carbocycles. The maximum atomic E-state index is 12.2. The van der Waals surface area contributed by atoms with Crippen molar-refractivity contribution in [2.75, 3.05) is 0 Å². The number of hydrogen-bond donors (Lipinski definition) is 3. The molecule has 4 N–H and O–H groups in total. The number of sulfonamides is 1. The molecule has 0 radical (unpaired) electrons. The molecule has 0 amide bonds. The Labute approximate surface area is 118 Å². The van der Waals surface area contributed by atoms with E-state index in [1.54, 1.807) is 11.5 Å². The van der Waals surface area contributed by atoms with Crippen LogP contribution in [-0.4, -0.2) is 35.1 Å². The van der Waals surface area contributed by atoms with Crippen molar-refractivity contribution >= 4 is 15.9 Å². The van der Waals surface area contributed by atoms with Gasteiger partial charge in [-0.1, -0.05) is 18.5 Å². The van der Waals surface area contributed by atoms with Crippen LogP contribution in [0.5, 0.6) is 0 Å². The molecule has 1 atom stereocenters. The molecule has 1 rings (SSSR count). The van der Waals surface area contributed by atoms with E-state index in [-0.39, 0.29) is 10.9 Å². The van der Waals surface area contributed by atoms with Crippen molar-refractivity contribution in [2.45, 2.75) is 51.2 Å². The third kappa shape index (κ3) is 3.70. The van der Waals surface area contributed by atoms with Gasteiger partial charge in [-0.2, -0.15) is 4.72 Å². The summed E-state index contributed by atoms with van der Waals surface area (Å²) in [5.41, 5.74) is 5.50. The Hall–Kier alpha value is -1.61. The number of amidine groups is 1. The lowest BCUT2D eigenvalue weighted by atomic mass is 10.2. The molecular formula is C11H21N5O3S. The lowest BCUT2D eigenvalue weighted by Gasteiger charge is -2.15. The number of nitrogens with two attached hydrogens (primary N) is 1. The van der Waals surface area contributed by atoms with Crippen LogP contribution in [0.25, 0.3) is 0 Å². The Morgan fingerprint density at radius 3 is 2.70 bits per heavy atom. The minimum atomic E-state index is -3.80. The van der Waals surface area contributed by atoms with Gasteiger partial charge in [-0.05, 0) is 20.3 Å². The molecule has 0 saturated heterocycles. The molecule has 1 unspecified atom stereocenters. The first-order valence-electron chi connectivity index (χ1n) is 6.39. The summed E-state index contributed by atoms with van der Waals surface area (Å²) in [7, 11) is -3.80. The normalized spacial score (nSPS) is 14.4. The largest absolute Gasteiger partial charge is 0.409 e. The topological polar surface area (TPSA) is 123 Å². The first-order chi connectivity index (χ1) is 9.35. The van der Waals surface area contributed by atoms with E-state index in [0.29, 0.717) is 25.2 Å². The summed E-state index contributed by atoms with van der Waals surface area (Å²) in [4.78, 5) is 4.02. The van der Waals surface area contributed by atoms with Crippen LogP contribution in [0.3, 0.4) is 0 Å². The van der Waals surface area contributed by atoms with Crippen molar-refractivity contribution in [3.05, 3.63) is 12.0 Å². The molecule has 0 bridgehead atoms. The van der Waals surface area contributed by atoms with Crippen molar-refractivity contribution in [1.82, 2.24) is 14.3 Å². The first-order valence-corrected chi connectivity index (χ1v) is 7.87. The third-order valence-electron chi connectivity index (χ3n) is 2.92. The predicted octanol–water partition coefficient (Wildman–Crippen LogP) is 0.405. The molecule has 9 heteroatoms. The van der Waals surface area contributed by atoms with Crippen LogP contribution in [-0.2, 0) is 16.6 Å². The van der Waals surface area contributed by atoms with Gasteiger partial charge in [0.1, 0.15) is 5.82 Å². The van der Waals surface area contributed by atoms with Gasteiger partial charge in [-0.15, -0.1) is 0 Å². The van der Waals surface area contributed by atoms with Crippen molar-refractivity contribution < 1.29 is 13.6 Å². The van der Waals surface area contributed by atoms with E-state index in [2.05, 4.69) is 14.9 Å². The van der Waals surface area contributed by atoms with Crippen LogP contribution in [0, 0.1) is 6.92 Å². The standard InChI is InChI=1S/C11H21N5O3S/c1-4-6-9(11(12)14-17)15-20(18,19)10-7-16(5-2)8(3)13-10/h7,9,15,17H,4-6H2,1-3H3,(H2,12,14). The average molecular weight is 303 g/mol. The van der Waals surface area contributed by atoms with Gasteiger partial charge in [0, 0.05) is 12.7 Å². The van der Waals surface area contributed by atoms with Gasteiger partial charge in [0.25, 0.3) is 10.0 Å². The number of nitrogens with one attached hydrogen (secondary N) is 1. The predicted molar refractivity (Wildman–Crippen MR) is 75.1 cm³/mol. The van der Waals surface area contributed by atoms with E-state index in [9.17, 15) is 8.42 Å².